The topological polar surface area (TPSA) is 82.2 Å². The molecule has 4 rings (SSSR count). The van der Waals surface area contributed by atoms with E-state index in [0.717, 1.165) is 17.0 Å². The first-order chi connectivity index (χ1) is 11.7. The molecular formula is C16H15N7O. The van der Waals surface area contributed by atoms with Crippen LogP contribution < -0.4 is 10.1 Å². The molecule has 0 spiro atoms. The number of nitrogens with zero attached hydrogens (tertiary/aromatic N) is 6. The Morgan fingerprint density at radius 2 is 2.04 bits per heavy atom. The maximum Gasteiger partial charge on any atom is 0.248 e. The van der Waals surface area contributed by atoms with Crippen LogP contribution in [0.15, 0.2) is 49.1 Å². The van der Waals surface area contributed by atoms with E-state index in [4.69, 9.17) is 4.74 Å². The fraction of sp³-hybridized carbons (Fsp3) is 0.125. The molecule has 0 saturated carbocycles. The fourth-order valence-electron chi connectivity index (χ4n) is 2.40. The lowest BCUT2D eigenvalue weighted by molar-refractivity contribution is 0.396. The lowest BCUT2D eigenvalue weighted by Crippen LogP contribution is -2.02. The number of nitrogens with one attached hydrogen (secondary N) is 1. The molecule has 0 aromatic carbocycles. The summed E-state index contributed by atoms with van der Waals surface area (Å²) in [6, 6.07) is 9.45. The van der Waals surface area contributed by atoms with Gasteiger partial charge < -0.3 is 14.6 Å². The number of aryl methyl sites for hydroxylation is 1. The van der Waals surface area contributed by atoms with Crippen LogP contribution in [0, 0.1) is 6.92 Å². The van der Waals surface area contributed by atoms with Gasteiger partial charge in [-0.15, -0.1) is 5.10 Å². The smallest absolute Gasteiger partial charge is 0.248 e. The van der Waals surface area contributed by atoms with Gasteiger partial charge in [0.25, 0.3) is 0 Å². The normalized spacial score (nSPS) is 10.9. The SMILES string of the molecule is COc1nc(Nc2nc3ccccn3n2)ccc1-n1cnc(C)c1. The summed E-state index contributed by atoms with van der Waals surface area (Å²) in [5.74, 6) is 1.56. The Morgan fingerprint density at radius 1 is 1.12 bits per heavy atom. The summed E-state index contributed by atoms with van der Waals surface area (Å²) in [5.41, 5.74) is 2.50. The van der Waals surface area contributed by atoms with E-state index in [1.165, 1.54) is 0 Å². The first-order valence-corrected chi connectivity index (χ1v) is 7.37. The van der Waals surface area contributed by atoms with Crippen LogP contribution >= 0.6 is 0 Å². The minimum Gasteiger partial charge on any atom is -0.479 e. The molecule has 0 unspecified atom stereocenters. The summed E-state index contributed by atoms with van der Waals surface area (Å²) in [6.07, 6.45) is 5.48. The Morgan fingerprint density at radius 3 is 2.79 bits per heavy atom. The number of methoxy groups -OCH3 is 1. The molecule has 120 valence electrons. The minimum absolute atomic E-state index is 0.474. The van der Waals surface area contributed by atoms with Crippen LogP contribution in [0.1, 0.15) is 5.69 Å². The van der Waals surface area contributed by atoms with Crippen LogP contribution in [0.3, 0.4) is 0 Å². The van der Waals surface area contributed by atoms with E-state index in [1.807, 2.05) is 54.2 Å². The number of rotatable bonds is 4. The highest BCUT2D eigenvalue weighted by Gasteiger charge is 2.10. The Kier molecular flexibility index (Phi) is 3.34. The standard InChI is InChI=1S/C16H15N7O/c1-11-9-22(10-17-11)12-6-7-13(18-15(12)24-2)19-16-20-14-5-3-4-8-23(14)21-16/h3-10H,1-2H3,(H,18,19,21). The monoisotopic (exact) mass is 321 g/mol. The molecule has 0 aliphatic heterocycles. The van der Waals surface area contributed by atoms with Gasteiger partial charge in [0.15, 0.2) is 5.65 Å². The van der Waals surface area contributed by atoms with Crippen molar-refractivity contribution in [3.63, 3.8) is 0 Å². The van der Waals surface area contributed by atoms with Crippen LogP contribution in [0.4, 0.5) is 11.8 Å². The third-order valence-electron chi connectivity index (χ3n) is 3.50. The maximum atomic E-state index is 5.40. The van der Waals surface area contributed by atoms with Crippen molar-refractivity contribution in [1.82, 2.24) is 29.1 Å². The van der Waals surface area contributed by atoms with Crippen LogP contribution in [-0.4, -0.2) is 36.2 Å². The number of fused-ring (bicyclic) bond motifs is 1. The number of hydrogen-bond acceptors (Lipinski definition) is 6. The molecule has 0 bridgehead atoms. The summed E-state index contributed by atoms with van der Waals surface area (Å²) in [6.45, 7) is 1.93. The minimum atomic E-state index is 0.474. The number of pyridine rings is 2. The van der Waals surface area contributed by atoms with Gasteiger partial charge in [0.1, 0.15) is 11.5 Å². The van der Waals surface area contributed by atoms with Gasteiger partial charge in [-0.2, -0.15) is 9.97 Å². The third-order valence-corrected chi connectivity index (χ3v) is 3.50. The number of imidazole rings is 1. The molecule has 0 aliphatic carbocycles. The molecule has 0 saturated heterocycles. The summed E-state index contributed by atoms with van der Waals surface area (Å²) in [4.78, 5) is 13.1. The molecule has 4 heterocycles. The zero-order valence-corrected chi connectivity index (χ0v) is 13.2. The average Bonchev–Trinajstić information content (AvgIpc) is 3.20. The average molecular weight is 321 g/mol. The van der Waals surface area contributed by atoms with Crippen molar-refractivity contribution in [3.8, 4) is 11.6 Å². The molecule has 4 aromatic heterocycles. The van der Waals surface area contributed by atoms with E-state index in [2.05, 4.69) is 25.4 Å². The van der Waals surface area contributed by atoms with Gasteiger partial charge in [0, 0.05) is 12.4 Å². The molecule has 4 aromatic rings. The van der Waals surface area contributed by atoms with Gasteiger partial charge in [0.2, 0.25) is 11.8 Å². The predicted molar refractivity (Wildman–Crippen MR) is 88.9 cm³/mol. The molecule has 0 aliphatic rings. The van der Waals surface area contributed by atoms with Gasteiger partial charge in [-0.25, -0.2) is 9.50 Å². The summed E-state index contributed by atoms with van der Waals surface area (Å²) in [7, 11) is 1.59. The predicted octanol–water partition coefficient (Wildman–Crippen LogP) is 2.37. The quantitative estimate of drug-likeness (QED) is 0.621. The van der Waals surface area contributed by atoms with Gasteiger partial charge in [-0.3, -0.25) is 0 Å². The molecule has 1 N–H and O–H groups in total. The van der Waals surface area contributed by atoms with Crippen LogP contribution in [0.25, 0.3) is 11.3 Å². The summed E-state index contributed by atoms with van der Waals surface area (Å²) < 4.78 is 8.97. The van der Waals surface area contributed by atoms with Gasteiger partial charge in [-0.05, 0) is 31.2 Å². The molecular weight excluding hydrogens is 306 g/mol. The van der Waals surface area contributed by atoms with Crippen molar-refractivity contribution < 1.29 is 4.74 Å². The fourth-order valence-corrected chi connectivity index (χ4v) is 2.40. The largest absolute Gasteiger partial charge is 0.479 e. The molecule has 0 amide bonds. The van der Waals surface area contributed by atoms with Crippen LogP contribution in [0.5, 0.6) is 5.88 Å². The van der Waals surface area contributed by atoms with Gasteiger partial charge in [-0.1, -0.05) is 6.07 Å². The van der Waals surface area contributed by atoms with E-state index >= 15 is 0 Å². The Balaban J connectivity index is 1.66. The van der Waals surface area contributed by atoms with E-state index in [1.54, 1.807) is 18.0 Å². The highest BCUT2D eigenvalue weighted by atomic mass is 16.5. The summed E-state index contributed by atoms with van der Waals surface area (Å²) >= 11 is 0. The second-order valence-corrected chi connectivity index (χ2v) is 5.21. The second kappa shape index (κ2) is 5.65. The summed E-state index contributed by atoms with van der Waals surface area (Å²) in [5, 5.41) is 7.44. The molecule has 8 heteroatoms. The van der Waals surface area contributed by atoms with Crippen molar-refractivity contribution in [1.29, 1.82) is 0 Å². The van der Waals surface area contributed by atoms with Crippen molar-refractivity contribution in [2.45, 2.75) is 6.92 Å². The number of hydrogen-bond donors (Lipinski definition) is 1. The van der Waals surface area contributed by atoms with Crippen molar-refractivity contribution in [2.24, 2.45) is 0 Å². The Bertz CT molecular complexity index is 972. The number of anilines is 2. The molecule has 0 radical (unpaired) electrons. The van der Waals surface area contributed by atoms with Crippen LogP contribution in [0.2, 0.25) is 0 Å². The van der Waals surface area contributed by atoms with E-state index in [0.29, 0.717) is 17.6 Å². The highest BCUT2D eigenvalue weighted by molar-refractivity contribution is 5.56. The van der Waals surface area contributed by atoms with Crippen molar-refractivity contribution >= 4 is 17.4 Å². The molecule has 0 fully saturated rings. The van der Waals surface area contributed by atoms with E-state index in [9.17, 15) is 0 Å². The maximum absolute atomic E-state index is 5.40. The highest BCUT2D eigenvalue weighted by Crippen LogP contribution is 2.24. The Hall–Kier alpha value is -3.42. The van der Waals surface area contributed by atoms with Gasteiger partial charge >= 0.3 is 0 Å². The zero-order chi connectivity index (χ0) is 16.5. The lowest BCUT2D eigenvalue weighted by atomic mass is 10.3. The third kappa shape index (κ3) is 2.54. The van der Waals surface area contributed by atoms with Gasteiger partial charge in [0.05, 0.1) is 19.1 Å². The second-order valence-electron chi connectivity index (χ2n) is 5.21. The van der Waals surface area contributed by atoms with E-state index in [-0.39, 0.29) is 0 Å². The zero-order valence-electron chi connectivity index (χ0n) is 13.2. The van der Waals surface area contributed by atoms with Crippen LogP contribution in [-0.2, 0) is 0 Å². The van der Waals surface area contributed by atoms with E-state index < -0.39 is 0 Å². The van der Waals surface area contributed by atoms with Crippen molar-refractivity contribution in [3.05, 3.63) is 54.7 Å². The first kappa shape index (κ1) is 14.2. The first-order valence-electron chi connectivity index (χ1n) is 7.37. The number of aromatic nitrogens is 6. The number of ether oxygens (including phenoxy) is 1. The molecule has 24 heavy (non-hydrogen) atoms. The lowest BCUT2D eigenvalue weighted by Gasteiger charge is -2.10. The Labute approximate surface area is 137 Å². The van der Waals surface area contributed by atoms with Crippen molar-refractivity contribution in [2.75, 3.05) is 12.4 Å². The molecule has 0 atom stereocenters. The molecule has 8 nitrogen and oxygen atoms in total.